The molecule has 154 valence electrons. The molecule has 0 radical (unpaired) electrons. The number of alkyl carbamates (subject to hydrolysis) is 1. The van der Waals surface area contributed by atoms with Gasteiger partial charge in [-0.3, -0.25) is 9.59 Å². The highest BCUT2D eigenvalue weighted by Crippen LogP contribution is 2.40. The van der Waals surface area contributed by atoms with Gasteiger partial charge in [0.25, 0.3) is 0 Å². The molecule has 10 heteroatoms. The Labute approximate surface area is 180 Å². The molecule has 1 heterocycles. The maximum atomic E-state index is 13.1. The first-order valence-electron chi connectivity index (χ1n) is 8.69. The van der Waals surface area contributed by atoms with E-state index >= 15 is 0 Å². The molecule has 1 fully saturated rings. The zero-order chi connectivity index (χ0) is 21.2. The van der Waals surface area contributed by atoms with Gasteiger partial charge in [-0.25, -0.2) is 4.79 Å². The van der Waals surface area contributed by atoms with Crippen molar-refractivity contribution in [1.82, 2.24) is 10.2 Å². The maximum absolute atomic E-state index is 13.1. The molecule has 0 aliphatic carbocycles. The number of nitrogens with zero attached hydrogens (tertiary/aromatic N) is 1. The fourth-order valence-corrected chi connectivity index (χ4v) is 4.29. The van der Waals surface area contributed by atoms with Gasteiger partial charge < -0.3 is 25.8 Å². The molecule has 1 aromatic rings. The summed E-state index contributed by atoms with van der Waals surface area (Å²) in [7, 11) is 0. The van der Waals surface area contributed by atoms with Gasteiger partial charge in [0, 0.05) is 12.2 Å². The number of aromatic hydroxyl groups is 1. The summed E-state index contributed by atoms with van der Waals surface area (Å²) in [5.41, 5.74) is 5.61. The Balaban J connectivity index is 2.12. The Kier molecular flexibility index (Phi) is 6.97. The lowest BCUT2D eigenvalue weighted by molar-refractivity contribution is -0.130. The first kappa shape index (κ1) is 22.5. The number of phenols is 1. The number of nitrogen functional groups attached to an aromatic ring is 1. The SMILES string of the molecule is CC(C)(C)OC(=O)NCC(=O)N1CCC[C@H]1C(=O)c1c(N)cc(Br)c(O)c1Br. The first-order valence-corrected chi connectivity index (χ1v) is 10.3. The van der Waals surface area contributed by atoms with Gasteiger partial charge in [-0.15, -0.1) is 0 Å². The second-order valence-corrected chi connectivity index (χ2v) is 9.10. The number of carbonyl (C=O) groups is 3. The molecule has 0 unspecified atom stereocenters. The Morgan fingerprint density at radius 3 is 2.61 bits per heavy atom. The van der Waals surface area contributed by atoms with Crippen molar-refractivity contribution in [1.29, 1.82) is 0 Å². The van der Waals surface area contributed by atoms with E-state index in [2.05, 4.69) is 37.2 Å². The van der Waals surface area contributed by atoms with Crippen molar-refractivity contribution in [2.45, 2.75) is 45.3 Å². The molecule has 1 aliphatic heterocycles. The monoisotopic (exact) mass is 519 g/mol. The Morgan fingerprint density at radius 2 is 2.00 bits per heavy atom. The fourth-order valence-electron chi connectivity index (χ4n) is 2.95. The molecule has 2 amide bonds. The summed E-state index contributed by atoms with van der Waals surface area (Å²) < 4.78 is 5.64. The number of carbonyl (C=O) groups excluding carboxylic acids is 3. The zero-order valence-corrected chi connectivity index (χ0v) is 19.0. The van der Waals surface area contributed by atoms with E-state index in [4.69, 9.17) is 10.5 Å². The van der Waals surface area contributed by atoms with E-state index < -0.39 is 23.6 Å². The fraction of sp³-hybridized carbons (Fsp3) is 0.500. The minimum atomic E-state index is -0.716. The molecule has 28 heavy (non-hydrogen) atoms. The van der Waals surface area contributed by atoms with E-state index in [1.54, 1.807) is 20.8 Å². The number of benzene rings is 1. The number of likely N-dealkylation sites (tertiary alicyclic amines) is 1. The molecule has 1 atom stereocenters. The van der Waals surface area contributed by atoms with Gasteiger partial charge in [-0.1, -0.05) is 0 Å². The number of amides is 2. The zero-order valence-electron chi connectivity index (χ0n) is 15.8. The van der Waals surface area contributed by atoms with Crippen LogP contribution in [0, 0.1) is 0 Å². The van der Waals surface area contributed by atoms with Gasteiger partial charge in [-0.05, 0) is 71.5 Å². The summed E-state index contributed by atoms with van der Waals surface area (Å²) in [6, 6.07) is 0.727. The third-order valence-corrected chi connectivity index (χ3v) is 5.51. The first-order chi connectivity index (χ1) is 12.9. The number of nitrogens with two attached hydrogens (primary N) is 1. The van der Waals surface area contributed by atoms with Crippen LogP contribution in [-0.2, 0) is 9.53 Å². The highest BCUT2D eigenvalue weighted by molar-refractivity contribution is 9.11. The summed E-state index contributed by atoms with van der Waals surface area (Å²) in [4.78, 5) is 38.8. The third-order valence-electron chi connectivity index (χ3n) is 4.13. The van der Waals surface area contributed by atoms with Crippen molar-refractivity contribution in [3.05, 3.63) is 20.6 Å². The number of rotatable bonds is 4. The quantitative estimate of drug-likeness (QED) is 0.318. The van der Waals surface area contributed by atoms with Crippen LogP contribution in [0.25, 0.3) is 0 Å². The van der Waals surface area contributed by atoms with Crippen LogP contribution >= 0.6 is 31.9 Å². The summed E-state index contributed by atoms with van der Waals surface area (Å²) >= 11 is 6.37. The molecule has 0 bridgehead atoms. The average Bonchev–Trinajstić information content (AvgIpc) is 3.06. The van der Waals surface area contributed by atoms with Crippen LogP contribution in [0.15, 0.2) is 15.0 Å². The summed E-state index contributed by atoms with van der Waals surface area (Å²) in [6.45, 7) is 5.28. The molecule has 0 aromatic heterocycles. The van der Waals surface area contributed by atoms with Gasteiger partial charge in [-0.2, -0.15) is 0 Å². The number of ketones is 1. The van der Waals surface area contributed by atoms with Crippen LogP contribution in [0.1, 0.15) is 44.0 Å². The van der Waals surface area contributed by atoms with Crippen molar-refractivity contribution in [2.24, 2.45) is 0 Å². The van der Waals surface area contributed by atoms with Crippen molar-refractivity contribution in [3.63, 3.8) is 0 Å². The number of nitrogens with one attached hydrogen (secondary N) is 1. The second kappa shape index (κ2) is 8.69. The van der Waals surface area contributed by atoms with E-state index in [1.165, 1.54) is 11.0 Å². The van der Waals surface area contributed by atoms with Crippen molar-refractivity contribution in [2.75, 3.05) is 18.8 Å². The van der Waals surface area contributed by atoms with Crippen LogP contribution in [0.5, 0.6) is 5.75 Å². The van der Waals surface area contributed by atoms with Crippen LogP contribution in [0.2, 0.25) is 0 Å². The minimum absolute atomic E-state index is 0.130. The van der Waals surface area contributed by atoms with Crippen molar-refractivity contribution in [3.8, 4) is 5.75 Å². The summed E-state index contributed by atoms with van der Waals surface area (Å²) in [6.07, 6.45) is 0.418. The topological polar surface area (TPSA) is 122 Å². The lowest BCUT2D eigenvalue weighted by Crippen LogP contribution is -2.46. The van der Waals surface area contributed by atoms with Crippen LogP contribution in [0.4, 0.5) is 10.5 Å². The average molecular weight is 521 g/mol. The number of Topliss-reactive ketones (excluding diaryl/α,β-unsaturated/α-hetero) is 1. The number of anilines is 1. The normalized spacial score (nSPS) is 16.8. The van der Waals surface area contributed by atoms with Gasteiger partial charge in [0.1, 0.15) is 17.9 Å². The Morgan fingerprint density at radius 1 is 1.36 bits per heavy atom. The minimum Gasteiger partial charge on any atom is -0.506 e. The summed E-state index contributed by atoms with van der Waals surface area (Å²) in [5.74, 6) is -0.895. The molecular weight excluding hydrogens is 498 g/mol. The van der Waals surface area contributed by atoms with Crippen molar-refractivity contribution < 1.29 is 24.2 Å². The largest absolute Gasteiger partial charge is 0.506 e. The van der Waals surface area contributed by atoms with Gasteiger partial charge in [0.15, 0.2) is 5.78 Å². The van der Waals surface area contributed by atoms with Crippen LogP contribution in [-0.4, -0.2) is 52.5 Å². The predicted molar refractivity (Wildman–Crippen MR) is 111 cm³/mol. The molecule has 2 rings (SSSR count). The predicted octanol–water partition coefficient (Wildman–Crippen LogP) is 3.20. The van der Waals surface area contributed by atoms with E-state index in [-0.39, 0.29) is 33.8 Å². The third kappa shape index (κ3) is 5.16. The summed E-state index contributed by atoms with van der Waals surface area (Å²) in [5, 5.41) is 12.5. The number of hydrogen-bond donors (Lipinski definition) is 3. The highest BCUT2D eigenvalue weighted by Gasteiger charge is 2.36. The number of ether oxygens (including phenoxy) is 1. The molecule has 4 N–H and O–H groups in total. The molecular formula is C18H23Br2N3O5. The smallest absolute Gasteiger partial charge is 0.408 e. The lowest BCUT2D eigenvalue weighted by Gasteiger charge is -2.25. The van der Waals surface area contributed by atoms with E-state index in [1.807, 2.05) is 0 Å². The Bertz CT molecular complexity index is 807. The van der Waals surface area contributed by atoms with Gasteiger partial charge in [0.05, 0.1) is 20.6 Å². The molecule has 8 nitrogen and oxygen atoms in total. The van der Waals surface area contributed by atoms with E-state index in [9.17, 15) is 19.5 Å². The Hall–Kier alpha value is -1.81. The second-order valence-electron chi connectivity index (χ2n) is 7.45. The van der Waals surface area contributed by atoms with Crippen LogP contribution in [0.3, 0.4) is 0 Å². The maximum Gasteiger partial charge on any atom is 0.408 e. The molecule has 1 aromatic carbocycles. The van der Waals surface area contributed by atoms with Gasteiger partial charge >= 0.3 is 6.09 Å². The molecule has 0 saturated carbocycles. The van der Waals surface area contributed by atoms with Crippen LogP contribution < -0.4 is 11.1 Å². The van der Waals surface area contributed by atoms with Gasteiger partial charge in [0.2, 0.25) is 5.91 Å². The molecule has 1 aliphatic rings. The number of halogens is 2. The highest BCUT2D eigenvalue weighted by atomic mass is 79.9. The number of hydrogen-bond acceptors (Lipinski definition) is 6. The molecule has 1 saturated heterocycles. The van der Waals surface area contributed by atoms with E-state index in [0.29, 0.717) is 23.9 Å². The van der Waals surface area contributed by atoms with Crippen molar-refractivity contribution >= 4 is 55.3 Å². The standard InChI is InChI=1S/C18H23Br2N3O5/c1-18(2,3)28-17(27)22-8-12(24)23-6-4-5-11(23)16(26)13-10(21)7-9(19)15(25)14(13)20/h7,11,25H,4-6,8,21H2,1-3H3,(H,22,27)/t11-/m0/s1. The van der Waals surface area contributed by atoms with E-state index in [0.717, 1.165) is 0 Å². The lowest BCUT2D eigenvalue weighted by atomic mass is 10.00. The molecule has 0 spiro atoms. The number of phenolic OH excluding ortho intramolecular Hbond substituents is 1.